The number of hydrogen-bond donors (Lipinski definition) is 2. The van der Waals surface area contributed by atoms with E-state index < -0.39 is 6.10 Å². The predicted octanol–water partition coefficient (Wildman–Crippen LogP) is 1.36. The molecule has 6 heteroatoms. The van der Waals surface area contributed by atoms with Crippen LogP contribution in [0.1, 0.15) is 33.6 Å². The van der Waals surface area contributed by atoms with Gasteiger partial charge >= 0.3 is 0 Å². The van der Waals surface area contributed by atoms with Gasteiger partial charge in [-0.05, 0) is 45.2 Å². The van der Waals surface area contributed by atoms with Crippen LogP contribution in [-0.2, 0) is 14.3 Å². The maximum atomic E-state index is 11.9. The number of ether oxygens (including phenoxy) is 2. The van der Waals surface area contributed by atoms with E-state index in [1.54, 1.807) is 6.92 Å². The highest BCUT2D eigenvalue weighted by molar-refractivity contribution is 5.85. The Kier molecular flexibility index (Phi) is 10.2. The van der Waals surface area contributed by atoms with Crippen LogP contribution < -0.4 is 10.6 Å². The van der Waals surface area contributed by atoms with Gasteiger partial charge in [0.25, 0.3) is 0 Å². The van der Waals surface area contributed by atoms with E-state index in [4.69, 9.17) is 9.47 Å². The molecular weight excluding hydrogens is 280 g/mol. The van der Waals surface area contributed by atoms with Crippen molar-refractivity contribution in [2.24, 2.45) is 5.41 Å². The molecule has 0 spiro atoms. The SMILES string of the molecule is CCOCCOC(C)C(=O)NCC1(C)CCNCC1.Cl. The van der Waals surface area contributed by atoms with E-state index in [-0.39, 0.29) is 23.7 Å². The van der Waals surface area contributed by atoms with Crippen LogP contribution >= 0.6 is 12.4 Å². The molecule has 1 heterocycles. The first-order valence-electron chi connectivity index (χ1n) is 7.25. The summed E-state index contributed by atoms with van der Waals surface area (Å²) >= 11 is 0. The van der Waals surface area contributed by atoms with Crippen molar-refractivity contribution in [1.29, 1.82) is 0 Å². The Labute approximate surface area is 128 Å². The molecule has 120 valence electrons. The Balaban J connectivity index is 0.00000361. The van der Waals surface area contributed by atoms with Crippen LogP contribution in [0.4, 0.5) is 0 Å². The van der Waals surface area contributed by atoms with Crippen LogP contribution in [-0.4, -0.2) is 51.5 Å². The molecule has 0 bridgehead atoms. The molecule has 0 aromatic heterocycles. The second kappa shape index (κ2) is 10.4. The number of carbonyl (C=O) groups is 1. The number of carbonyl (C=O) groups excluding carboxylic acids is 1. The molecule has 0 aromatic rings. The maximum Gasteiger partial charge on any atom is 0.248 e. The van der Waals surface area contributed by atoms with E-state index in [1.807, 2.05) is 6.92 Å². The van der Waals surface area contributed by atoms with Crippen LogP contribution in [0.2, 0.25) is 0 Å². The molecular formula is C14H29ClN2O3. The highest BCUT2D eigenvalue weighted by Gasteiger charge is 2.27. The second-order valence-corrected chi connectivity index (χ2v) is 5.49. The van der Waals surface area contributed by atoms with Gasteiger partial charge in [0.2, 0.25) is 5.91 Å². The summed E-state index contributed by atoms with van der Waals surface area (Å²) in [6, 6.07) is 0. The van der Waals surface area contributed by atoms with Crippen molar-refractivity contribution in [2.75, 3.05) is 39.5 Å². The van der Waals surface area contributed by atoms with Crippen molar-refractivity contribution >= 4 is 18.3 Å². The van der Waals surface area contributed by atoms with E-state index in [9.17, 15) is 4.79 Å². The largest absolute Gasteiger partial charge is 0.379 e. The molecule has 1 atom stereocenters. The summed E-state index contributed by atoms with van der Waals surface area (Å²) < 4.78 is 10.6. The lowest BCUT2D eigenvalue weighted by atomic mass is 9.81. The maximum absolute atomic E-state index is 11.9. The van der Waals surface area contributed by atoms with E-state index in [2.05, 4.69) is 17.6 Å². The minimum atomic E-state index is -0.411. The van der Waals surface area contributed by atoms with Crippen LogP contribution in [0.5, 0.6) is 0 Å². The molecule has 1 amide bonds. The molecule has 1 aliphatic rings. The lowest BCUT2D eigenvalue weighted by molar-refractivity contribution is -0.133. The minimum absolute atomic E-state index is 0. The fourth-order valence-electron chi connectivity index (χ4n) is 2.16. The van der Waals surface area contributed by atoms with Crippen LogP contribution in [0.25, 0.3) is 0 Å². The predicted molar refractivity (Wildman–Crippen MR) is 82.4 cm³/mol. The molecule has 0 saturated carbocycles. The van der Waals surface area contributed by atoms with Gasteiger partial charge < -0.3 is 20.1 Å². The smallest absolute Gasteiger partial charge is 0.248 e. The average Bonchev–Trinajstić information content (AvgIpc) is 2.41. The normalized spacial score (nSPS) is 18.9. The Bertz CT molecular complexity index is 271. The van der Waals surface area contributed by atoms with Gasteiger partial charge in [0.15, 0.2) is 0 Å². The zero-order valence-corrected chi connectivity index (χ0v) is 13.7. The summed E-state index contributed by atoms with van der Waals surface area (Å²) in [7, 11) is 0. The third-order valence-corrected chi connectivity index (χ3v) is 3.67. The summed E-state index contributed by atoms with van der Waals surface area (Å²) in [5, 5.41) is 6.34. The van der Waals surface area contributed by atoms with Crippen molar-refractivity contribution in [1.82, 2.24) is 10.6 Å². The first-order chi connectivity index (χ1) is 9.07. The van der Waals surface area contributed by atoms with Crippen molar-refractivity contribution < 1.29 is 14.3 Å². The molecule has 1 saturated heterocycles. The molecule has 20 heavy (non-hydrogen) atoms. The third kappa shape index (κ3) is 7.43. The quantitative estimate of drug-likeness (QED) is 0.665. The van der Waals surface area contributed by atoms with Crippen molar-refractivity contribution in [3.05, 3.63) is 0 Å². The highest BCUT2D eigenvalue weighted by atomic mass is 35.5. The molecule has 1 fully saturated rings. The second-order valence-electron chi connectivity index (χ2n) is 5.49. The zero-order valence-electron chi connectivity index (χ0n) is 12.9. The zero-order chi connectivity index (χ0) is 14.1. The fraction of sp³-hybridized carbons (Fsp3) is 0.929. The van der Waals surface area contributed by atoms with Crippen LogP contribution in [0.15, 0.2) is 0 Å². The minimum Gasteiger partial charge on any atom is -0.379 e. The average molecular weight is 309 g/mol. The number of amides is 1. The van der Waals surface area contributed by atoms with Gasteiger partial charge in [-0.1, -0.05) is 6.92 Å². The van der Waals surface area contributed by atoms with Crippen molar-refractivity contribution in [2.45, 2.75) is 39.7 Å². The van der Waals surface area contributed by atoms with Gasteiger partial charge in [0, 0.05) is 13.2 Å². The first kappa shape index (κ1) is 19.6. The Morgan fingerprint density at radius 2 is 2.00 bits per heavy atom. The summed E-state index contributed by atoms with van der Waals surface area (Å²) in [4.78, 5) is 11.9. The van der Waals surface area contributed by atoms with Crippen molar-refractivity contribution in [3.8, 4) is 0 Å². The summed E-state index contributed by atoms with van der Waals surface area (Å²) in [6.07, 6.45) is 1.80. The van der Waals surface area contributed by atoms with E-state index in [0.717, 1.165) is 32.5 Å². The summed E-state index contributed by atoms with van der Waals surface area (Å²) in [6.45, 7) is 10.4. The van der Waals surface area contributed by atoms with Gasteiger partial charge in [-0.25, -0.2) is 0 Å². The van der Waals surface area contributed by atoms with Gasteiger partial charge in [-0.2, -0.15) is 0 Å². The molecule has 1 unspecified atom stereocenters. The Morgan fingerprint density at radius 3 is 2.60 bits per heavy atom. The van der Waals surface area contributed by atoms with Gasteiger partial charge in [-0.15, -0.1) is 12.4 Å². The van der Waals surface area contributed by atoms with Crippen LogP contribution in [0, 0.1) is 5.41 Å². The monoisotopic (exact) mass is 308 g/mol. The highest BCUT2D eigenvalue weighted by Crippen LogP contribution is 2.26. The Hall–Kier alpha value is -0.360. The van der Waals surface area contributed by atoms with Crippen LogP contribution in [0.3, 0.4) is 0 Å². The fourth-order valence-corrected chi connectivity index (χ4v) is 2.16. The van der Waals surface area contributed by atoms with Crippen molar-refractivity contribution in [3.63, 3.8) is 0 Å². The van der Waals surface area contributed by atoms with E-state index >= 15 is 0 Å². The van der Waals surface area contributed by atoms with Gasteiger partial charge in [0.1, 0.15) is 6.10 Å². The topological polar surface area (TPSA) is 59.6 Å². The number of nitrogens with one attached hydrogen (secondary N) is 2. The van der Waals surface area contributed by atoms with Gasteiger partial charge in [-0.3, -0.25) is 4.79 Å². The van der Waals surface area contributed by atoms with Gasteiger partial charge in [0.05, 0.1) is 13.2 Å². The molecule has 0 aromatic carbocycles. The Morgan fingerprint density at radius 1 is 1.35 bits per heavy atom. The molecule has 1 rings (SSSR count). The lowest BCUT2D eigenvalue weighted by Gasteiger charge is -2.34. The third-order valence-electron chi connectivity index (χ3n) is 3.67. The molecule has 1 aliphatic heterocycles. The van der Waals surface area contributed by atoms with E-state index in [0.29, 0.717) is 19.8 Å². The number of hydrogen-bond acceptors (Lipinski definition) is 4. The number of rotatable bonds is 8. The lowest BCUT2D eigenvalue weighted by Crippen LogP contribution is -2.45. The standard InChI is InChI=1S/C14H28N2O3.ClH/c1-4-18-9-10-19-12(2)13(17)16-11-14(3)5-7-15-8-6-14;/h12,15H,4-11H2,1-3H3,(H,16,17);1H. The number of halogens is 1. The van der Waals surface area contributed by atoms with E-state index in [1.165, 1.54) is 0 Å². The number of piperidine rings is 1. The first-order valence-corrected chi connectivity index (χ1v) is 7.25. The molecule has 0 radical (unpaired) electrons. The summed E-state index contributed by atoms with van der Waals surface area (Å²) in [5.74, 6) is -0.0312. The molecule has 2 N–H and O–H groups in total. The molecule has 5 nitrogen and oxygen atoms in total. The summed E-state index contributed by atoms with van der Waals surface area (Å²) in [5.41, 5.74) is 0.214. The molecule has 0 aliphatic carbocycles.